The average Bonchev–Trinajstić information content (AvgIpc) is 2.88. The number of rotatable bonds is 6. The van der Waals surface area contributed by atoms with Crippen molar-refractivity contribution in [2.45, 2.75) is 25.8 Å². The normalized spacial score (nSPS) is 12.5. The Kier molecular flexibility index (Phi) is 4.21. The molecule has 0 aliphatic heterocycles. The van der Waals surface area contributed by atoms with E-state index in [0.29, 0.717) is 18.3 Å². The fourth-order valence-electron chi connectivity index (χ4n) is 1.72. The zero-order chi connectivity index (χ0) is 11.9. The smallest absolute Gasteiger partial charge is 0.188 e. The number of nitrogens with one attached hydrogen (secondary N) is 2. The third-order valence-electron chi connectivity index (χ3n) is 2.80. The van der Waals surface area contributed by atoms with E-state index < -0.39 is 0 Å². The molecule has 0 bridgehead atoms. The Morgan fingerprint density at radius 2 is 2.12 bits per heavy atom. The van der Waals surface area contributed by atoms with Gasteiger partial charge in [-0.1, -0.05) is 42.5 Å². The molecule has 0 spiro atoms. The fourth-order valence-corrected chi connectivity index (χ4v) is 1.72. The summed E-state index contributed by atoms with van der Waals surface area (Å²) in [7, 11) is 0. The molecule has 5 heteroatoms. The number of hydrogen-bond donors (Lipinski definition) is 2. The molecule has 2 N–H and O–H groups in total. The predicted octanol–water partition coefficient (Wildman–Crippen LogP) is 1.48. The first-order valence-electron chi connectivity index (χ1n) is 5.84. The molecule has 1 unspecified atom stereocenters. The largest absolute Gasteiger partial charge is 0.310 e. The molecule has 2 rings (SSSR count). The number of aromatic amines is 1. The van der Waals surface area contributed by atoms with Gasteiger partial charge in [0.05, 0.1) is 6.54 Å². The quantitative estimate of drug-likeness (QED) is 0.739. The Morgan fingerprint density at radius 1 is 1.29 bits per heavy atom. The van der Waals surface area contributed by atoms with E-state index >= 15 is 0 Å². The minimum Gasteiger partial charge on any atom is -0.310 e. The lowest BCUT2D eigenvalue weighted by molar-refractivity contribution is 0.583. The summed E-state index contributed by atoms with van der Waals surface area (Å²) in [4.78, 5) is 0. The van der Waals surface area contributed by atoms with Gasteiger partial charge in [0.25, 0.3) is 0 Å². The third kappa shape index (κ3) is 3.64. The second kappa shape index (κ2) is 6.10. The van der Waals surface area contributed by atoms with Crippen molar-refractivity contribution in [1.82, 2.24) is 25.9 Å². The highest BCUT2D eigenvalue weighted by atomic mass is 15.5. The summed E-state index contributed by atoms with van der Waals surface area (Å²) in [6.07, 6.45) is 1.10. The van der Waals surface area contributed by atoms with Gasteiger partial charge in [0.15, 0.2) is 5.82 Å². The van der Waals surface area contributed by atoms with Crippen molar-refractivity contribution in [2.75, 3.05) is 6.54 Å². The Bertz CT molecular complexity index is 412. The molecule has 1 aromatic carbocycles. The first-order chi connectivity index (χ1) is 8.36. The van der Waals surface area contributed by atoms with Crippen LogP contribution in [-0.2, 0) is 6.54 Å². The summed E-state index contributed by atoms with van der Waals surface area (Å²) >= 11 is 0. The van der Waals surface area contributed by atoms with Crippen LogP contribution >= 0.6 is 0 Å². The van der Waals surface area contributed by atoms with Gasteiger partial charge < -0.3 is 5.32 Å². The summed E-state index contributed by atoms with van der Waals surface area (Å²) in [5.41, 5.74) is 1.38. The predicted molar refractivity (Wildman–Crippen MR) is 65.4 cm³/mol. The molecule has 0 radical (unpaired) electrons. The van der Waals surface area contributed by atoms with Gasteiger partial charge in [-0.05, 0) is 24.4 Å². The summed E-state index contributed by atoms with van der Waals surface area (Å²) in [6, 6.07) is 10.6. The summed E-state index contributed by atoms with van der Waals surface area (Å²) in [5.74, 6) is 1.27. The highest BCUT2D eigenvalue weighted by Gasteiger charge is 2.04. The van der Waals surface area contributed by atoms with Crippen LogP contribution in [0.3, 0.4) is 0 Å². The molecule has 17 heavy (non-hydrogen) atoms. The Balaban J connectivity index is 1.68. The van der Waals surface area contributed by atoms with E-state index in [2.05, 4.69) is 57.1 Å². The summed E-state index contributed by atoms with van der Waals surface area (Å²) in [6.45, 7) is 3.86. The molecular formula is C12H17N5. The van der Waals surface area contributed by atoms with Crippen LogP contribution in [0.4, 0.5) is 0 Å². The van der Waals surface area contributed by atoms with Crippen LogP contribution in [0, 0.1) is 0 Å². The highest BCUT2D eigenvalue weighted by Crippen LogP contribution is 2.17. The molecule has 1 heterocycles. The van der Waals surface area contributed by atoms with Crippen LogP contribution in [0.1, 0.15) is 30.7 Å². The Labute approximate surface area is 101 Å². The van der Waals surface area contributed by atoms with Crippen LogP contribution in [0.15, 0.2) is 30.3 Å². The molecule has 90 valence electrons. The molecule has 0 amide bonds. The van der Waals surface area contributed by atoms with Gasteiger partial charge in [-0.15, -0.1) is 10.2 Å². The minimum absolute atomic E-state index is 0.564. The standard InChI is InChI=1S/C12H17N5/c1-10(11-5-3-2-4-6-11)7-8-13-9-12-14-16-17-15-12/h2-6,10,13H,7-9H2,1H3,(H,14,15,16,17). The number of nitrogens with zero attached hydrogens (tertiary/aromatic N) is 3. The number of H-pyrrole nitrogens is 1. The topological polar surface area (TPSA) is 66.5 Å². The van der Waals surface area contributed by atoms with E-state index in [1.54, 1.807) is 0 Å². The van der Waals surface area contributed by atoms with Gasteiger partial charge in [0.1, 0.15) is 0 Å². The lowest BCUT2D eigenvalue weighted by Crippen LogP contribution is -2.17. The number of aromatic nitrogens is 4. The van der Waals surface area contributed by atoms with E-state index in [1.165, 1.54) is 5.56 Å². The maximum Gasteiger partial charge on any atom is 0.188 e. The summed E-state index contributed by atoms with van der Waals surface area (Å²) in [5, 5.41) is 17.0. The number of benzene rings is 1. The van der Waals surface area contributed by atoms with Crippen molar-refractivity contribution in [3.63, 3.8) is 0 Å². The Morgan fingerprint density at radius 3 is 2.82 bits per heavy atom. The lowest BCUT2D eigenvalue weighted by atomic mass is 9.98. The van der Waals surface area contributed by atoms with Crippen molar-refractivity contribution in [1.29, 1.82) is 0 Å². The van der Waals surface area contributed by atoms with Crippen molar-refractivity contribution in [3.8, 4) is 0 Å². The maximum atomic E-state index is 3.88. The SMILES string of the molecule is CC(CCNCc1nn[nH]n1)c1ccccc1. The van der Waals surface area contributed by atoms with Crippen molar-refractivity contribution in [3.05, 3.63) is 41.7 Å². The molecule has 1 atom stereocenters. The average molecular weight is 231 g/mol. The molecule has 1 aromatic heterocycles. The Hall–Kier alpha value is -1.75. The molecular weight excluding hydrogens is 214 g/mol. The molecule has 2 aromatic rings. The molecule has 0 aliphatic carbocycles. The van der Waals surface area contributed by atoms with Crippen LogP contribution in [0.25, 0.3) is 0 Å². The van der Waals surface area contributed by atoms with E-state index in [-0.39, 0.29) is 0 Å². The van der Waals surface area contributed by atoms with E-state index in [9.17, 15) is 0 Å². The number of hydrogen-bond acceptors (Lipinski definition) is 4. The second-order valence-corrected chi connectivity index (χ2v) is 4.11. The van der Waals surface area contributed by atoms with Crippen molar-refractivity contribution >= 4 is 0 Å². The van der Waals surface area contributed by atoms with Crippen LogP contribution in [0.2, 0.25) is 0 Å². The fraction of sp³-hybridized carbons (Fsp3) is 0.417. The second-order valence-electron chi connectivity index (χ2n) is 4.11. The minimum atomic E-state index is 0.564. The first-order valence-corrected chi connectivity index (χ1v) is 5.84. The van der Waals surface area contributed by atoms with Gasteiger partial charge in [-0.25, -0.2) is 0 Å². The van der Waals surface area contributed by atoms with Crippen molar-refractivity contribution < 1.29 is 0 Å². The summed E-state index contributed by atoms with van der Waals surface area (Å²) < 4.78 is 0. The highest BCUT2D eigenvalue weighted by molar-refractivity contribution is 5.18. The zero-order valence-corrected chi connectivity index (χ0v) is 9.93. The monoisotopic (exact) mass is 231 g/mol. The van der Waals surface area contributed by atoms with E-state index in [4.69, 9.17) is 0 Å². The zero-order valence-electron chi connectivity index (χ0n) is 9.93. The molecule has 0 fully saturated rings. The maximum absolute atomic E-state index is 3.88. The lowest BCUT2D eigenvalue weighted by Gasteiger charge is -2.11. The molecule has 0 saturated heterocycles. The molecule has 0 aliphatic rings. The van der Waals surface area contributed by atoms with Crippen LogP contribution in [-0.4, -0.2) is 27.2 Å². The third-order valence-corrected chi connectivity index (χ3v) is 2.80. The van der Waals surface area contributed by atoms with Crippen molar-refractivity contribution in [2.24, 2.45) is 0 Å². The van der Waals surface area contributed by atoms with Crippen LogP contribution < -0.4 is 5.32 Å². The van der Waals surface area contributed by atoms with Gasteiger partial charge in [0.2, 0.25) is 0 Å². The van der Waals surface area contributed by atoms with E-state index in [1.807, 2.05) is 6.07 Å². The van der Waals surface area contributed by atoms with Gasteiger partial charge >= 0.3 is 0 Å². The van der Waals surface area contributed by atoms with Crippen LogP contribution in [0.5, 0.6) is 0 Å². The van der Waals surface area contributed by atoms with Gasteiger partial charge in [-0.2, -0.15) is 5.21 Å². The van der Waals surface area contributed by atoms with E-state index in [0.717, 1.165) is 13.0 Å². The molecule has 5 nitrogen and oxygen atoms in total. The van der Waals surface area contributed by atoms with Gasteiger partial charge in [0, 0.05) is 0 Å². The van der Waals surface area contributed by atoms with Gasteiger partial charge in [-0.3, -0.25) is 0 Å². The molecule has 0 saturated carbocycles. The number of tetrazole rings is 1. The first kappa shape index (κ1) is 11.7.